The lowest BCUT2D eigenvalue weighted by atomic mass is 9.95. The topological polar surface area (TPSA) is 73.1 Å². The molecule has 120 valence electrons. The maximum Gasteiger partial charge on any atom is 0.389 e. The van der Waals surface area contributed by atoms with Crippen LogP contribution >= 0.6 is 0 Å². The van der Waals surface area contributed by atoms with E-state index in [1.54, 1.807) is 6.92 Å². The minimum Gasteiger partial charge on any atom is -0.477 e. The first-order valence-electron chi connectivity index (χ1n) is 6.60. The monoisotopic (exact) mass is 306 g/mol. The van der Waals surface area contributed by atoms with Crippen LogP contribution in [-0.4, -0.2) is 22.8 Å². The average Bonchev–Trinajstić information content (AvgIpc) is 2.33. The number of ether oxygens (including phenoxy) is 1. The first kappa shape index (κ1) is 17.5. The van der Waals surface area contributed by atoms with Gasteiger partial charge in [0.15, 0.2) is 5.82 Å². The van der Waals surface area contributed by atoms with E-state index in [1.807, 2.05) is 20.8 Å². The number of aromatic nitrogens is 2. The Balaban J connectivity index is 2.86. The number of hydrogen-bond acceptors (Lipinski definition) is 5. The van der Waals surface area contributed by atoms with Gasteiger partial charge in [0, 0.05) is 11.8 Å². The molecule has 3 N–H and O–H groups in total. The van der Waals surface area contributed by atoms with Crippen molar-refractivity contribution in [3.05, 3.63) is 11.4 Å². The van der Waals surface area contributed by atoms with Crippen molar-refractivity contribution in [2.24, 2.45) is 5.84 Å². The third kappa shape index (κ3) is 5.37. The number of hydrogen-bond donors (Lipinski definition) is 2. The van der Waals surface area contributed by atoms with Crippen molar-refractivity contribution in [3.63, 3.8) is 0 Å². The molecule has 0 aliphatic carbocycles. The molecule has 0 amide bonds. The van der Waals surface area contributed by atoms with E-state index in [0.717, 1.165) is 0 Å². The summed E-state index contributed by atoms with van der Waals surface area (Å²) in [6.45, 7) is 7.40. The van der Waals surface area contributed by atoms with E-state index in [4.69, 9.17) is 10.6 Å². The van der Waals surface area contributed by atoms with Gasteiger partial charge in [-0.05, 0) is 13.3 Å². The first-order chi connectivity index (χ1) is 9.54. The van der Waals surface area contributed by atoms with E-state index in [2.05, 4.69) is 15.4 Å². The van der Waals surface area contributed by atoms with Crippen LogP contribution < -0.4 is 16.0 Å². The highest BCUT2D eigenvalue weighted by atomic mass is 19.4. The van der Waals surface area contributed by atoms with Gasteiger partial charge in [-0.25, -0.2) is 10.8 Å². The number of nitrogens with zero attached hydrogens (tertiary/aromatic N) is 2. The number of alkyl halides is 3. The van der Waals surface area contributed by atoms with Crippen molar-refractivity contribution in [1.82, 2.24) is 9.97 Å². The molecule has 0 aliphatic rings. The fourth-order valence-corrected chi connectivity index (χ4v) is 1.55. The van der Waals surface area contributed by atoms with Gasteiger partial charge in [0.05, 0.1) is 12.2 Å². The molecule has 0 radical (unpaired) electrons. The Hall–Kier alpha value is -1.57. The zero-order valence-electron chi connectivity index (χ0n) is 12.6. The van der Waals surface area contributed by atoms with E-state index >= 15 is 0 Å². The lowest BCUT2D eigenvalue weighted by Gasteiger charge is -2.20. The predicted molar refractivity (Wildman–Crippen MR) is 74.1 cm³/mol. The van der Waals surface area contributed by atoms with Gasteiger partial charge in [0.25, 0.3) is 0 Å². The van der Waals surface area contributed by atoms with Crippen molar-refractivity contribution < 1.29 is 17.9 Å². The summed E-state index contributed by atoms with van der Waals surface area (Å²) < 4.78 is 41.6. The van der Waals surface area contributed by atoms with Crippen molar-refractivity contribution >= 4 is 5.82 Å². The van der Waals surface area contributed by atoms with Crippen LogP contribution in [0.2, 0.25) is 0 Å². The molecule has 1 aromatic heterocycles. The minimum atomic E-state index is -4.18. The summed E-state index contributed by atoms with van der Waals surface area (Å²) in [6, 6.07) is 0. The Morgan fingerprint density at radius 1 is 1.19 bits per heavy atom. The second-order valence-electron chi connectivity index (χ2n) is 5.79. The standard InChI is InChI=1S/C13H21F3N4O/c1-8-9(20-17)18-11(12(2,3)4)19-10(8)21-7-5-6-13(14,15)16/h5-7,17H2,1-4H3,(H,18,19,20). The maximum absolute atomic E-state index is 12.1. The van der Waals surface area contributed by atoms with E-state index in [0.29, 0.717) is 17.2 Å². The molecular weight excluding hydrogens is 285 g/mol. The lowest BCUT2D eigenvalue weighted by molar-refractivity contribution is -0.136. The molecule has 0 aliphatic heterocycles. The summed E-state index contributed by atoms with van der Waals surface area (Å²) in [5.74, 6) is 6.56. The number of anilines is 1. The predicted octanol–water partition coefficient (Wildman–Crippen LogP) is 3.09. The number of nitrogen functional groups attached to an aromatic ring is 1. The second kappa shape index (κ2) is 6.46. The van der Waals surface area contributed by atoms with E-state index in [1.165, 1.54) is 0 Å². The summed E-state index contributed by atoms with van der Waals surface area (Å²) in [7, 11) is 0. The highest BCUT2D eigenvalue weighted by Crippen LogP contribution is 2.28. The molecule has 0 atom stereocenters. The molecule has 0 aromatic carbocycles. The van der Waals surface area contributed by atoms with Crippen LogP contribution in [0, 0.1) is 6.92 Å². The number of halogens is 3. The highest BCUT2D eigenvalue weighted by molar-refractivity contribution is 5.48. The van der Waals surface area contributed by atoms with Gasteiger partial charge in [-0.1, -0.05) is 20.8 Å². The van der Waals surface area contributed by atoms with Crippen LogP contribution in [-0.2, 0) is 5.41 Å². The van der Waals surface area contributed by atoms with E-state index < -0.39 is 12.6 Å². The Morgan fingerprint density at radius 2 is 1.81 bits per heavy atom. The summed E-state index contributed by atoms with van der Waals surface area (Å²) in [6.07, 6.45) is -5.18. The van der Waals surface area contributed by atoms with Crippen LogP contribution in [0.1, 0.15) is 45.0 Å². The molecule has 0 saturated heterocycles. The van der Waals surface area contributed by atoms with Crippen LogP contribution in [0.3, 0.4) is 0 Å². The quantitative estimate of drug-likeness (QED) is 0.497. The highest BCUT2D eigenvalue weighted by Gasteiger charge is 2.26. The van der Waals surface area contributed by atoms with Crippen LogP contribution in [0.15, 0.2) is 0 Å². The molecule has 8 heteroatoms. The Bertz CT molecular complexity index is 484. The van der Waals surface area contributed by atoms with E-state index in [-0.39, 0.29) is 24.3 Å². The molecule has 0 spiro atoms. The van der Waals surface area contributed by atoms with Crippen LogP contribution in [0.25, 0.3) is 0 Å². The number of nitrogens with two attached hydrogens (primary N) is 1. The van der Waals surface area contributed by atoms with Crippen LogP contribution in [0.5, 0.6) is 5.88 Å². The molecular formula is C13H21F3N4O. The molecule has 1 heterocycles. The summed E-state index contributed by atoms with van der Waals surface area (Å²) in [4.78, 5) is 8.56. The molecule has 5 nitrogen and oxygen atoms in total. The summed E-state index contributed by atoms with van der Waals surface area (Å²) in [5.41, 5.74) is 2.69. The fourth-order valence-electron chi connectivity index (χ4n) is 1.55. The number of nitrogens with one attached hydrogen (secondary N) is 1. The summed E-state index contributed by atoms with van der Waals surface area (Å²) in [5, 5.41) is 0. The van der Waals surface area contributed by atoms with Gasteiger partial charge in [0.1, 0.15) is 5.82 Å². The number of hydrazine groups is 1. The molecule has 0 fully saturated rings. The molecule has 1 rings (SSSR count). The van der Waals surface area contributed by atoms with Gasteiger partial charge in [-0.2, -0.15) is 18.2 Å². The fraction of sp³-hybridized carbons (Fsp3) is 0.692. The van der Waals surface area contributed by atoms with Gasteiger partial charge in [-0.15, -0.1) is 0 Å². The Morgan fingerprint density at radius 3 is 2.29 bits per heavy atom. The van der Waals surface area contributed by atoms with Crippen molar-refractivity contribution in [2.45, 2.75) is 52.1 Å². The van der Waals surface area contributed by atoms with Crippen molar-refractivity contribution in [2.75, 3.05) is 12.0 Å². The van der Waals surface area contributed by atoms with E-state index in [9.17, 15) is 13.2 Å². The Labute approximate surface area is 122 Å². The minimum absolute atomic E-state index is 0.0645. The molecule has 21 heavy (non-hydrogen) atoms. The lowest BCUT2D eigenvalue weighted by Crippen LogP contribution is -2.21. The zero-order chi connectivity index (χ0) is 16.3. The zero-order valence-corrected chi connectivity index (χ0v) is 12.6. The third-order valence-electron chi connectivity index (χ3n) is 2.75. The van der Waals surface area contributed by atoms with Gasteiger partial charge < -0.3 is 10.2 Å². The van der Waals surface area contributed by atoms with Gasteiger partial charge in [0.2, 0.25) is 5.88 Å². The normalized spacial score (nSPS) is 12.4. The second-order valence-corrected chi connectivity index (χ2v) is 5.79. The molecule has 0 unspecified atom stereocenters. The first-order valence-corrected chi connectivity index (χ1v) is 6.60. The summed E-state index contributed by atoms with van der Waals surface area (Å²) >= 11 is 0. The third-order valence-corrected chi connectivity index (χ3v) is 2.75. The van der Waals surface area contributed by atoms with Gasteiger partial charge in [-0.3, -0.25) is 0 Å². The van der Waals surface area contributed by atoms with Crippen LogP contribution in [0.4, 0.5) is 19.0 Å². The molecule has 0 bridgehead atoms. The molecule has 0 saturated carbocycles. The average molecular weight is 306 g/mol. The number of rotatable bonds is 5. The SMILES string of the molecule is Cc1c(NN)nc(C(C)(C)C)nc1OCCCC(F)(F)F. The smallest absolute Gasteiger partial charge is 0.389 e. The van der Waals surface area contributed by atoms with Crippen molar-refractivity contribution in [1.29, 1.82) is 0 Å². The largest absolute Gasteiger partial charge is 0.477 e. The molecule has 1 aromatic rings. The van der Waals surface area contributed by atoms with Crippen molar-refractivity contribution in [3.8, 4) is 5.88 Å². The Kier molecular flexibility index (Phi) is 5.38. The maximum atomic E-state index is 12.1. The van der Waals surface area contributed by atoms with Gasteiger partial charge >= 0.3 is 6.18 Å².